The smallest absolute Gasteiger partial charge is 0.330 e. The van der Waals surface area contributed by atoms with Gasteiger partial charge in [-0.1, -0.05) is 80.6 Å². The van der Waals surface area contributed by atoms with Crippen LogP contribution in [0.5, 0.6) is 5.75 Å². The van der Waals surface area contributed by atoms with Crippen LogP contribution < -0.4 is 15.0 Å². The van der Waals surface area contributed by atoms with Gasteiger partial charge in [0, 0.05) is 42.1 Å². The number of ether oxygens (including phenoxy) is 1. The Labute approximate surface area is 274 Å². The largest absolute Gasteiger partial charge is 0.488 e. The fourth-order valence-corrected chi connectivity index (χ4v) is 6.76. The molecule has 0 bridgehead atoms. The van der Waals surface area contributed by atoms with Crippen LogP contribution in [0.4, 0.5) is 5.69 Å². The molecule has 6 rings (SSSR count). The molecule has 9 nitrogen and oxygen atoms in total. The lowest BCUT2D eigenvalue weighted by atomic mass is 10.00. The highest BCUT2D eigenvalue weighted by Gasteiger charge is 2.61. The van der Waals surface area contributed by atoms with E-state index in [1.165, 1.54) is 0 Å². The molecule has 1 saturated heterocycles. The highest BCUT2D eigenvalue weighted by molar-refractivity contribution is 5.96. The number of nitrogens with one attached hydrogen (secondary N) is 1. The van der Waals surface area contributed by atoms with Gasteiger partial charge in [-0.3, -0.25) is 9.59 Å². The van der Waals surface area contributed by atoms with Gasteiger partial charge in [-0.05, 0) is 36.6 Å². The van der Waals surface area contributed by atoms with Crippen LogP contribution in [-0.2, 0) is 14.4 Å². The Bertz CT molecular complexity index is 1800. The van der Waals surface area contributed by atoms with Crippen LogP contribution in [0.15, 0.2) is 104 Å². The van der Waals surface area contributed by atoms with Crippen molar-refractivity contribution in [2.75, 3.05) is 18.5 Å². The molecule has 2 heterocycles. The zero-order valence-electron chi connectivity index (χ0n) is 26.9. The quantitative estimate of drug-likeness (QED) is 0.208. The molecular weight excluding hydrogens is 592 g/mol. The molecule has 1 aliphatic heterocycles. The summed E-state index contributed by atoms with van der Waals surface area (Å²) in [4.78, 5) is 49.1. The molecule has 2 fully saturated rings. The second-order valence-corrected chi connectivity index (χ2v) is 12.8. The molecule has 2 aliphatic rings. The molecule has 4 aromatic rings. The summed E-state index contributed by atoms with van der Waals surface area (Å²) in [6.45, 7) is 7.86. The monoisotopic (exact) mass is 632 g/mol. The van der Waals surface area contributed by atoms with Crippen LogP contribution in [0.3, 0.4) is 0 Å². The summed E-state index contributed by atoms with van der Waals surface area (Å²) in [7, 11) is 1.88. The van der Waals surface area contributed by atoms with Crippen LogP contribution >= 0.6 is 0 Å². The summed E-state index contributed by atoms with van der Waals surface area (Å²) >= 11 is 0. The van der Waals surface area contributed by atoms with Gasteiger partial charge in [-0.2, -0.15) is 0 Å². The second-order valence-electron chi connectivity index (χ2n) is 12.8. The van der Waals surface area contributed by atoms with E-state index < -0.39 is 35.6 Å². The molecule has 2 N–H and O–H groups in total. The van der Waals surface area contributed by atoms with Crippen molar-refractivity contribution in [1.82, 2.24) is 15.2 Å². The molecule has 0 radical (unpaired) electrons. The van der Waals surface area contributed by atoms with E-state index in [2.05, 4.69) is 11.9 Å². The van der Waals surface area contributed by atoms with Gasteiger partial charge < -0.3 is 25.0 Å². The standard InChI is InChI=1S/C38H40N4O5/c1-5-26-22-38(26,37(45)46)40-35(43)32-20-28(23-42(32)36(44)34(24(2)3)41(4)27-16-10-7-11-17-27)47-33-21-31(25-14-8-6-9-15-25)39-30-19-13-12-18-29(30)33/h5-19,21,24,26,28,32,34H,1,20,22-23H2,2-4H3,(H,40,43)(H,45,46)/t26-,28+,32-,34-,38?/m0/s1. The molecule has 0 spiro atoms. The van der Waals surface area contributed by atoms with E-state index in [0.29, 0.717) is 5.75 Å². The topological polar surface area (TPSA) is 112 Å². The van der Waals surface area contributed by atoms with E-state index in [4.69, 9.17) is 9.72 Å². The predicted molar refractivity (Wildman–Crippen MR) is 182 cm³/mol. The maximum Gasteiger partial charge on any atom is 0.330 e. The lowest BCUT2D eigenvalue weighted by Gasteiger charge is -2.36. The number of rotatable bonds is 11. The number of likely N-dealkylation sites (tertiary alicyclic amines) is 1. The minimum atomic E-state index is -1.42. The Morgan fingerprint density at radius 3 is 2.34 bits per heavy atom. The highest BCUT2D eigenvalue weighted by Crippen LogP contribution is 2.45. The number of carbonyl (C=O) groups excluding carboxylic acids is 2. The van der Waals surface area contributed by atoms with Crippen LogP contribution in [0.2, 0.25) is 0 Å². The highest BCUT2D eigenvalue weighted by atomic mass is 16.5. The van der Waals surface area contributed by atoms with Crippen molar-refractivity contribution in [3.8, 4) is 17.0 Å². The number of carboxylic acid groups (broad SMARTS) is 1. The molecule has 242 valence electrons. The maximum absolute atomic E-state index is 14.5. The summed E-state index contributed by atoms with van der Waals surface area (Å²) < 4.78 is 6.67. The van der Waals surface area contributed by atoms with Gasteiger partial charge in [0.05, 0.1) is 17.8 Å². The number of anilines is 1. The molecule has 9 heteroatoms. The van der Waals surface area contributed by atoms with Gasteiger partial charge in [0.15, 0.2) is 0 Å². The molecule has 2 amide bonds. The molecule has 1 aromatic heterocycles. The van der Waals surface area contributed by atoms with Gasteiger partial charge in [-0.15, -0.1) is 6.58 Å². The average molecular weight is 633 g/mol. The summed E-state index contributed by atoms with van der Waals surface area (Å²) in [6, 6.07) is 27.6. The number of aromatic nitrogens is 1. The van der Waals surface area contributed by atoms with Crippen molar-refractivity contribution >= 4 is 34.4 Å². The number of nitrogens with zero attached hydrogens (tertiary/aromatic N) is 3. The minimum Gasteiger partial charge on any atom is -0.488 e. The Morgan fingerprint density at radius 1 is 1.04 bits per heavy atom. The summed E-state index contributed by atoms with van der Waals surface area (Å²) in [5.74, 6) is -1.71. The number of para-hydroxylation sites is 2. The second kappa shape index (κ2) is 12.9. The lowest BCUT2D eigenvalue weighted by molar-refractivity contribution is -0.145. The number of hydrogen-bond acceptors (Lipinski definition) is 6. The SMILES string of the molecule is C=C[C@H]1CC1(NC(=O)[C@@H]1C[C@@H](Oc2cc(-c3ccccc3)nc3ccccc23)CN1C(=O)[C@H](C(C)C)N(C)c1ccccc1)C(=O)O. The molecule has 1 aliphatic carbocycles. The molecule has 3 aromatic carbocycles. The van der Waals surface area contributed by atoms with Gasteiger partial charge in [0.1, 0.15) is 29.5 Å². The van der Waals surface area contributed by atoms with E-state index >= 15 is 0 Å². The predicted octanol–water partition coefficient (Wildman–Crippen LogP) is 5.56. The minimum absolute atomic E-state index is 0.0899. The first-order valence-electron chi connectivity index (χ1n) is 16.0. The number of fused-ring (bicyclic) bond motifs is 1. The maximum atomic E-state index is 14.5. The van der Waals surface area contributed by atoms with Crippen LogP contribution in [0.1, 0.15) is 26.7 Å². The lowest BCUT2D eigenvalue weighted by Crippen LogP contribution is -2.57. The molecule has 1 saturated carbocycles. The number of likely N-dealkylation sites (N-methyl/N-ethyl adjacent to an activating group) is 1. The Balaban J connectivity index is 1.34. The Kier molecular flexibility index (Phi) is 8.73. The third-order valence-corrected chi connectivity index (χ3v) is 9.38. The Morgan fingerprint density at radius 2 is 1.70 bits per heavy atom. The zero-order chi connectivity index (χ0) is 33.3. The Hall–Kier alpha value is -5.18. The summed E-state index contributed by atoms with van der Waals surface area (Å²) in [5, 5.41) is 13.6. The first-order valence-corrected chi connectivity index (χ1v) is 16.0. The first kappa shape index (κ1) is 31.8. The number of aliphatic carboxylic acids is 1. The van der Waals surface area contributed by atoms with Crippen LogP contribution in [-0.4, -0.2) is 70.1 Å². The van der Waals surface area contributed by atoms with Crippen LogP contribution in [0, 0.1) is 11.8 Å². The van der Waals surface area contributed by atoms with Gasteiger partial charge in [0.2, 0.25) is 11.8 Å². The van der Waals surface area contributed by atoms with Crippen molar-refractivity contribution in [3.05, 3.63) is 104 Å². The van der Waals surface area contributed by atoms with Crippen molar-refractivity contribution in [2.24, 2.45) is 11.8 Å². The normalized spacial score (nSPS) is 22.5. The van der Waals surface area contributed by atoms with Gasteiger partial charge >= 0.3 is 5.97 Å². The first-order chi connectivity index (χ1) is 22.6. The van der Waals surface area contributed by atoms with Gasteiger partial charge in [0.25, 0.3) is 0 Å². The number of benzene rings is 3. The molecule has 47 heavy (non-hydrogen) atoms. The van der Waals surface area contributed by atoms with E-state index in [1.54, 1.807) is 11.0 Å². The number of pyridine rings is 1. The van der Waals surface area contributed by atoms with Crippen LogP contribution in [0.25, 0.3) is 22.2 Å². The van der Waals surface area contributed by atoms with Crippen molar-refractivity contribution in [2.45, 2.75) is 50.4 Å². The molecular formula is C38H40N4O5. The molecule has 5 atom stereocenters. The fraction of sp³-hybridized carbons (Fsp3) is 0.316. The number of carbonyl (C=O) groups is 3. The van der Waals surface area contributed by atoms with Gasteiger partial charge in [-0.25, -0.2) is 9.78 Å². The number of amides is 2. The third kappa shape index (κ3) is 6.17. The van der Waals surface area contributed by atoms with E-state index in [-0.39, 0.29) is 37.1 Å². The van der Waals surface area contributed by atoms with Crippen molar-refractivity contribution in [3.63, 3.8) is 0 Å². The van der Waals surface area contributed by atoms with Crippen molar-refractivity contribution in [1.29, 1.82) is 0 Å². The third-order valence-electron chi connectivity index (χ3n) is 9.38. The summed E-state index contributed by atoms with van der Waals surface area (Å²) in [6.07, 6.45) is 1.48. The average Bonchev–Trinajstić information content (AvgIpc) is 3.64. The molecule has 1 unspecified atom stereocenters. The zero-order valence-corrected chi connectivity index (χ0v) is 26.9. The van der Waals surface area contributed by atoms with E-state index in [1.807, 2.05) is 117 Å². The number of carboxylic acids is 1. The fourth-order valence-electron chi connectivity index (χ4n) is 6.76. The number of hydrogen-bond donors (Lipinski definition) is 2. The summed E-state index contributed by atoms with van der Waals surface area (Å²) in [5.41, 5.74) is 1.90. The van der Waals surface area contributed by atoms with Crippen molar-refractivity contribution < 1.29 is 24.2 Å². The van der Waals surface area contributed by atoms with E-state index in [0.717, 1.165) is 27.8 Å². The van der Waals surface area contributed by atoms with E-state index in [9.17, 15) is 19.5 Å².